The second-order valence-electron chi connectivity index (χ2n) is 6.20. The number of hydrogen-bond donors (Lipinski definition) is 1. The van der Waals surface area contributed by atoms with Gasteiger partial charge in [-0.25, -0.2) is 0 Å². The summed E-state index contributed by atoms with van der Waals surface area (Å²) >= 11 is 0. The minimum atomic E-state index is 0.352. The molecule has 0 aliphatic carbocycles. The van der Waals surface area contributed by atoms with E-state index in [-0.39, 0.29) is 0 Å². The topological polar surface area (TPSA) is 35.6 Å². The maximum atomic E-state index is 11.5. The van der Waals surface area contributed by atoms with Crippen LogP contribution in [0.1, 0.15) is 46.0 Å². The molecule has 0 spiro atoms. The van der Waals surface area contributed by atoms with E-state index in [1.54, 1.807) is 0 Å². The molecule has 2 heterocycles. The van der Waals surface area contributed by atoms with E-state index in [0.29, 0.717) is 18.0 Å². The lowest BCUT2D eigenvalue weighted by Crippen LogP contribution is -2.45. The Balaban J connectivity index is 1.53. The van der Waals surface area contributed by atoms with Crippen LogP contribution in [0.15, 0.2) is 0 Å². The third-order valence-corrected chi connectivity index (χ3v) is 4.47. The molecule has 2 saturated heterocycles. The number of carbonyl (C=O) groups is 1. The van der Waals surface area contributed by atoms with E-state index in [1.807, 2.05) is 4.90 Å². The third-order valence-electron chi connectivity index (χ3n) is 4.47. The van der Waals surface area contributed by atoms with Gasteiger partial charge in [0, 0.05) is 31.6 Å². The van der Waals surface area contributed by atoms with E-state index >= 15 is 0 Å². The van der Waals surface area contributed by atoms with Gasteiger partial charge >= 0.3 is 0 Å². The molecule has 4 heteroatoms. The van der Waals surface area contributed by atoms with E-state index < -0.39 is 0 Å². The smallest absolute Gasteiger partial charge is 0.222 e. The number of likely N-dealkylation sites (tertiary alicyclic amines) is 2. The zero-order valence-corrected chi connectivity index (χ0v) is 12.5. The Morgan fingerprint density at radius 3 is 2.58 bits per heavy atom. The molecule has 0 aromatic rings. The van der Waals surface area contributed by atoms with E-state index in [4.69, 9.17) is 0 Å². The van der Waals surface area contributed by atoms with Crippen LogP contribution in [0.4, 0.5) is 0 Å². The van der Waals surface area contributed by atoms with Crippen LogP contribution in [0.25, 0.3) is 0 Å². The van der Waals surface area contributed by atoms with Crippen molar-refractivity contribution in [2.24, 2.45) is 0 Å². The van der Waals surface area contributed by atoms with Crippen LogP contribution in [0.2, 0.25) is 0 Å². The van der Waals surface area contributed by atoms with Crippen molar-refractivity contribution in [3.8, 4) is 0 Å². The lowest BCUT2D eigenvalue weighted by molar-refractivity contribution is -0.127. The Morgan fingerprint density at radius 1 is 1.26 bits per heavy atom. The monoisotopic (exact) mass is 267 g/mol. The summed E-state index contributed by atoms with van der Waals surface area (Å²) < 4.78 is 0. The molecule has 1 N–H and O–H groups in total. The van der Waals surface area contributed by atoms with Gasteiger partial charge in [0.15, 0.2) is 0 Å². The normalized spacial score (nSPS) is 22.7. The zero-order chi connectivity index (χ0) is 13.7. The number of piperidine rings is 1. The van der Waals surface area contributed by atoms with Crippen molar-refractivity contribution in [1.29, 1.82) is 0 Å². The highest BCUT2D eigenvalue weighted by Crippen LogP contribution is 2.13. The minimum Gasteiger partial charge on any atom is -0.343 e. The average molecular weight is 267 g/mol. The molecular weight excluding hydrogens is 238 g/mol. The molecule has 110 valence electrons. The van der Waals surface area contributed by atoms with Crippen LogP contribution in [0, 0.1) is 0 Å². The van der Waals surface area contributed by atoms with Crippen molar-refractivity contribution in [2.75, 3.05) is 32.7 Å². The first-order valence-corrected chi connectivity index (χ1v) is 7.92. The fourth-order valence-corrected chi connectivity index (χ4v) is 3.14. The number of amides is 1. The number of nitrogens with zero attached hydrogens (tertiary/aromatic N) is 2. The molecule has 1 amide bonds. The second-order valence-corrected chi connectivity index (χ2v) is 6.20. The highest BCUT2D eigenvalue weighted by atomic mass is 16.2. The molecule has 4 nitrogen and oxygen atoms in total. The number of hydrogen-bond acceptors (Lipinski definition) is 3. The van der Waals surface area contributed by atoms with E-state index in [2.05, 4.69) is 24.1 Å². The molecule has 0 unspecified atom stereocenters. The predicted molar refractivity (Wildman–Crippen MR) is 78.2 cm³/mol. The quantitative estimate of drug-likeness (QED) is 0.740. The van der Waals surface area contributed by atoms with Gasteiger partial charge in [-0.05, 0) is 59.2 Å². The summed E-state index contributed by atoms with van der Waals surface area (Å²) in [6.07, 6.45) is 5.44. The van der Waals surface area contributed by atoms with Crippen molar-refractivity contribution in [1.82, 2.24) is 15.1 Å². The Morgan fingerprint density at radius 2 is 2.00 bits per heavy atom. The fraction of sp³-hybridized carbons (Fsp3) is 0.933. The molecule has 19 heavy (non-hydrogen) atoms. The molecule has 2 aliphatic heterocycles. The van der Waals surface area contributed by atoms with Crippen LogP contribution >= 0.6 is 0 Å². The van der Waals surface area contributed by atoms with E-state index in [1.165, 1.54) is 25.9 Å². The second kappa shape index (κ2) is 7.25. The van der Waals surface area contributed by atoms with Crippen LogP contribution < -0.4 is 5.32 Å². The van der Waals surface area contributed by atoms with Crippen molar-refractivity contribution in [3.63, 3.8) is 0 Å². The summed E-state index contributed by atoms with van der Waals surface area (Å²) in [6.45, 7) is 9.97. The summed E-state index contributed by atoms with van der Waals surface area (Å²) in [4.78, 5) is 16.0. The molecule has 2 fully saturated rings. The standard InChI is InChI=1S/C15H29N3O/c1-13(2)17-11-6-14(7-12-17)16-8-4-10-18-9-3-5-15(18)19/h13-14,16H,3-12H2,1-2H3. The van der Waals surface area contributed by atoms with Gasteiger partial charge in [0.2, 0.25) is 5.91 Å². The average Bonchev–Trinajstić information content (AvgIpc) is 2.81. The minimum absolute atomic E-state index is 0.352. The van der Waals surface area contributed by atoms with Gasteiger partial charge in [-0.2, -0.15) is 0 Å². The van der Waals surface area contributed by atoms with Crippen LogP contribution in [0.3, 0.4) is 0 Å². The largest absolute Gasteiger partial charge is 0.343 e. The summed E-state index contributed by atoms with van der Waals surface area (Å²) in [7, 11) is 0. The highest BCUT2D eigenvalue weighted by Gasteiger charge is 2.21. The molecule has 2 rings (SSSR count). The Bertz CT molecular complexity index is 285. The third kappa shape index (κ3) is 4.46. The van der Waals surface area contributed by atoms with Crippen LogP contribution in [0.5, 0.6) is 0 Å². The van der Waals surface area contributed by atoms with E-state index in [9.17, 15) is 4.79 Å². The molecule has 0 atom stereocenters. The lowest BCUT2D eigenvalue weighted by Gasteiger charge is -2.35. The predicted octanol–water partition coefficient (Wildman–Crippen LogP) is 1.46. The molecule has 0 saturated carbocycles. The first-order valence-electron chi connectivity index (χ1n) is 7.92. The van der Waals surface area contributed by atoms with Gasteiger partial charge in [-0.15, -0.1) is 0 Å². The van der Waals surface area contributed by atoms with Crippen molar-refractivity contribution in [2.45, 2.75) is 58.0 Å². The van der Waals surface area contributed by atoms with Crippen molar-refractivity contribution < 1.29 is 4.79 Å². The molecule has 0 aromatic carbocycles. The molecule has 0 radical (unpaired) electrons. The van der Waals surface area contributed by atoms with Gasteiger partial charge in [0.1, 0.15) is 0 Å². The molecule has 0 bridgehead atoms. The fourth-order valence-electron chi connectivity index (χ4n) is 3.14. The first-order chi connectivity index (χ1) is 9.16. The molecular formula is C15H29N3O. The summed E-state index contributed by atoms with van der Waals surface area (Å²) in [5.41, 5.74) is 0. The molecule has 0 aromatic heterocycles. The van der Waals surface area contributed by atoms with Gasteiger partial charge in [0.25, 0.3) is 0 Å². The summed E-state index contributed by atoms with van der Waals surface area (Å²) in [5.74, 6) is 0.352. The van der Waals surface area contributed by atoms with Crippen molar-refractivity contribution >= 4 is 5.91 Å². The Kier molecular flexibility index (Phi) is 5.64. The number of carbonyl (C=O) groups excluding carboxylic acids is 1. The van der Waals surface area contributed by atoms with Crippen LogP contribution in [-0.2, 0) is 4.79 Å². The summed E-state index contributed by atoms with van der Waals surface area (Å²) in [6, 6.07) is 1.37. The zero-order valence-electron chi connectivity index (χ0n) is 12.5. The van der Waals surface area contributed by atoms with Gasteiger partial charge in [-0.1, -0.05) is 0 Å². The number of nitrogens with one attached hydrogen (secondary N) is 1. The van der Waals surface area contributed by atoms with Crippen LogP contribution in [-0.4, -0.2) is 60.5 Å². The number of rotatable bonds is 6. The SMILES string of the molecule is CC(C)N1CCC(NCCCN2CCCC2=O)CC1. The van der Waals surface area contributed by atoms with Gasteiger partial charge in [0.05, 0.1) is 0 Å². The molecule has 2 aliphatic rings. The van der Waals surface area contributed by atoms with Gasteiger partial charge < -0.3 is 15.1 Å². The summed E-state index contributed by atoms with van der Waals surface area (Å²) in [5, 5.41) is 3.66. The Labute approximate surface area is 117 Å². The van der Waals surface area contributed by atoms with Gasteiger partial charge in [-0.3, -0.25) is 4.79 Å². The maximum Gasteiger partial charge on any atom is 0.222 e. The highest BCUT2D eigenvalue weighted by molar-refractivity contribution is 5.77. The van der Waals surface area contributed by atoms with Crippen molar-refractivity contribution in [3.05, 3.63) is 0 Å². The van der Waals surface area contributed by atoms with E-state index in [0.717, 1.165) is 38.9 Å². The first kappa shape index (κ1) is 14.8. The Hall–Kier alpha value is -0.610. The maximum absolute atomic E-state index is 11.5. The lowest BCUT2D eigenvalue weighted by atomic mass is 10.0.